The smallest absolute Gasteiger partial charge is 0.310 e. The molecule has 1 aliphatic carbocycles. The van der Waals surface area contributed by atoms with Crippen LogP contribution in [0.2, 0.25) is 0 Å². The fraction of sp³-hybridized carbons (Fsp3) is 0.389. The molecule has 1 aliphatic rings. The van der Waals surface area contributed by atoms with Gasteiger partial charge in [-0.1, -0.05) is 25.0 Å². The van der Waals surface area contributed by atoms with Gasteiger partial charge in [0, 0.05) is 11.9 Å². The van der Waals surface area contributed by atoms with Gasteiger partial charge in [-0.05, 0) is 43.5 Å². The summed E-state index contributed by atoms with van der Waals surface area (Å²) in [6, 6.07) is 8.94. The van der Waals surface area contributed by atoms with E-state index >= 15 is 0 Å². The van der Waals surface area contributed by atoms with Crippen molar-refractivity contribution < 1.29 is 14.7 Å². The van der Waals surface area contributed by atoms with Crippen LogP contribution in [0.1, 0.15) is 60.6 Å². The van der Waals surface area contributed by atoms with Gasteiger partial charge in [-0.15, -0.1) is 0 Å². The molecule has 1 heterocycles. The number of hydrogen-bond donors (Lipinski definition) is 2. The molecule has 0 aliphatic heterocycles. The molecule has 2 N–H and O–H groups in total. The van der Waals surface area contributed by atoms with E-state index in [0.717, 1.165) is 12.8 Å². The highest BCUT2D eigenvalue weighted by molar-refractivity contribution is 6.03. The fourth-order valence-corrected chi connectivity index (χ4v) is 3.13. The van der Waals surface area contributed by atoms with E-state index in [0.29, 0.717) is 23.0 Å². The second-order valence-corrected chi connectivity index (χ2v) is 6.24. The van der Waals surface area contributed by atoms with Crippen molar-refractivity contribution in [1.29, 1.82) is 0 Å². The van der Waals surface area contributed by atoms with E-state index in [9.17, 15) is 9.59 Å². The second-order valence-electron chi connectivity index (χ2n) is 6.24. The van der Waals surface area contributed by atoms with Crippen molar-refractivity contribution in [2.24, 2.45) is 0 Å². The fourth-order valence-electron chi connectivity index (χ4n) is 3.13. The van der Waals surface area contributed by atoms with Gasteiger partial charge in [0.15, 0.2) is 0 Å². The molecule has 1 saturated carbocycles. The van der Waals surface area contributed by atoms with Crippen molar-refractivity contribution in [3.8, 4) is 0 Å². The highest BCUT2D eigenvalue weighted by Crippen LogP contribution is 2.30. The van der Waals surface area contributed by atoms with Gasteiger partial charge in [0.25, 0.3) is 5.91 Å². The number of amides is 1. The lowest BCUT2D eigenvalue weighted by Crippen LogP contribution is -2.20. The lowest BCUT2D eigenvalue weighted by atomic mass is 10.0. The summed E-state index contributed by atoms with van der Waals surface area (Å²) >= 11 is 0. The van der Waals surface area contributed by atoms with E-state index in [4.69, 9.17) is 5.11 Å². The summed E-state index contributed by atoms with van der Waals surface area (Å²) in [5.41, 5.74) is 1.90. The molecule has 6 nitrogen and oxygen atoms in total. The van der Waals surface area contributed by atoms with E-state index in [2.05, 4.69) is 10.4 Å². The molecule has 6 heteroatoms. The molecule has 24 heavy (non-hydrogen) atoms. The molecule has 1 atom stereocenters. The number of carboxylic acid groups (broad SMARTS) is 1. The highest BCUT2D eigenvalue weighted by atomic mass is 16.4. The first-order valence-electron chi connectivity index (χ1n) is 8.24. The first-order valence-corrected chi connectivity index (χ1v) is 8.24. The molecule has 0 radical (unpaired) electrons. The van der Waals surface area contributed by atoms with Gasteiger partial charge in [-0.2, -0.15) is 5.10 Å². The van der Waals surface area contributed by atoms with Crippen molar-refractivity contribution in [2.45, 2.75) is 44.6 Å². The molecule has 1 unspecified atom stereocenters. The predicted octanol–water partition coefficient (Wildman–Crippen LogP) is 3.44. The molecule has 3 rings (SSSR count). The highest BCUT2D eigenvalue weighted by Gasteiger charge is 2.22. The summed E-state index contributed by atoms with van der Waals surface area (Å²) in [4.78, 5) is 23.5. The lowest BCUT2D eigenvalue weighted by molar-refractivity contribution is -0.138. The molecule has 0 bridgehead atoms. The molecule has 1 fully saturated rings. The van der Waals surface area contributed by atoms with E-state index in [-0.39, 0.29) is 5.91 Å². The van der Waals surface area contributed by atoms with Crippen LogP contribution < -0.4 is 5.32 Å². The maximum atomic E-state index is 12.5. The Morgan fingerprint density at radius 1 is 1.21 bits per heavy atom. The largest absolute Gasteiger partial charge is 0.481 e. The summed E-state index contributed by atoms with van der Waals surface area (Å²) in [5, 5.41) is 16.2. The van der Waals surface area contributed by atoms with Crippen LogP contribution in [0.3, 0.4) is 0 Å². The van der Waals surface area contributed by atoms with Crippen LogP contribution in [0.5, 0.6) is 0 Å². The number of hydrogen-bond acceptors (Lipinski definition) is 3. The minimum atomic E-state index is -0.868. The van der Waals surface area contributed by atoms with Crippen LogP contribution in [-0.4, -0.2) is 26.8 Å². The quantitative estimate of drug-likeness (QED) is 0.881. The Balaban J connectivity index is 1.71. The normalized spacial score (nSPS) is 16.0. The minimum Gasteiger partial charge on any atom is -0.481 e. The van der Waals surface area contributed by atoms with Gasteiger partial charge in [-0.3, -0.25) is 14.3 Å². The summed E-state index contributed by atoms with van der Waals surface area (Å²) in [5.74, 6) is -1.63. The molecule has 1 aromatic heterocycles. The van der Waals surface area contributed by atoms with E-state index in [1.807, 2.05) is 4.68 Å². The summed E-state index contributed by atoms with van der Waals surface area (Å²) in [7, 11) is 0. The molecule has 1 amide bonds. The Hall–Kier alpha value is -2.63. The van der Waals surface area contributed by atoms with Crippen molar-refractivity contribution in [2.75, 3.05) is 5.32 Å². The van der Waals surface area contributed by atoms with Gasteiger partial charge in [0.1, 0.15) is 5.69 Å². The van der Waals surface area contributed by atoms with Crippen LogP contribution in [0.25, 0.3) is 0 Å². The van der Waals surface area contributed by atoms with Crippen LogP contribution in [0.4, 0.5) is 5.69 Å². The zero-order chi connectivity index (χ0) is 17.1. The lowest BCUT2D eigenvalue weighted by Gasteiger charge is -2.14. The van der Waals surface area contributed by atoms with Crippen molar-refractivity contribution >= 4 is 17.6 Å². The summed E-state index contributed by atoms with van der Waals surface area (Å²) < 4.78 is 1.82. The molecule has 0 saturated heterocycles. The molecule has 2 aromatic rings. The van der Waals surface area contributed by atoms with Crippen molar-refractivity contribution in [3.05, 3.63) is 47.8 Å². The Morgan fingerprint density at radius 2 is 1.88 bits per heavy atom. The Morgan fingerprint density at radius 3 is 2.50 bits per heavy atom. The number of benzene rings is 1. The van der Waals surface area contributed by atoms with Gasteiger partial charge >= 0.3 is 5.97 Å². The van der Waals surface area contributed by atoms with Crippen LogP contribution in [0, 0.1) is 0 Å². The minimum absolute atomic E-state index is 0.196. The van der Waals surface area contributed by atoms with Gasteiger partial charge < -0.3 is 10.4 Å². The van der Waals surface area contributed by atoms with E-state index in [1.54, 1.807) is 43.5 Å². The molecular formula is C18H21N3O3. The second kappa shape index (κ2) is 6.86. The number of nitrogens with zero attached hydrogens (tertiary/aromatic N) is 2. The third-order valence-electron chi connectivity index (χ3n) is 4.61. The number of carboxylic acids is 1. The monoisotopic (exact) mass is 327 g/mol. The SMILES string of the molecule is CC(C(=O)O)c1ccc(NC(=O)c2ccnn2C2CCCC2)cc1. The van der Waals surface area contributed by atoms with Crippen LogP contribution >= 0.6 is 0 Å². The molecule has 0 spiro atoms. The predicted molar refractivity (Wildman–Crippen MR) is 90.2 cm³/mol. The Labute approximate surface area is 140 Å². The van der Waals surface area contributed by atoms with Crippen molar-refractivity contribution in [1.82, 2.24) is 9.78 Å². The average molecular weight is 327 g/mol. The number of rotatable bonds is 5. The Bertz CT molecular complexity index is 730. The molecule has 1 aromatic carbocycles. The average Bonchev–Trinajstić information content (AvgIpc) is 3.25. The topological polar surface area (TPSA) is 84.2 Å². The summed E-state index contributed by atoms with van der Waals surface area (Å²) in [6.07, 6.45) is 6.13. The number of carbonyl (C=O) groups excluding carboxylic acids is 1. The number of aliphatic carboxylic acids is 1. The third-order valence-corrected chi connectivity index (χ3v) is 4.61. The number of nitrogens with one attached hydrogen (secondary N) is 1. The van der Waals surface area contributed by atoms with Gasteiger partial charge in [0.05, 0.1) is 12.0 Å². The van der Waals surface area contributed by atoms with Crippen molar-refractivity contribution in [3.63, 3.8) is 0 Å². The van der Waals surface area contributed by atoms with Crippen LogP contribution in [0.15, 0.2) is 36.5 Å². The zero-order valence-electron chi connectivity index (χ0n) is 13.6. The number of carbonyl (C=O) groups is 2. The first-order chi connectivity index (χ1) is 11.6. The van der Waals surface area contributed by atoms with Gasteiger partial charge in [-0.25, -0.2) is 0 Å². The van der Waals surface area contributed by atoms with E-state index < -0.39 is 11.9 Å². The standard InChI is InChI=1S/C18H21N3O3/c1-12(18(23)24)13-6-8-14(9-7-13)20-17(22)16-10-11-19-21(16)15-4-2-3-5-15/h6-12,15H,2-5H2,1H3,(H,20,22)(H,23,24). The Kier molecular flexibility index (Phi) is 4.64. The van der Waals surface area contributed by atoms with E-state index in [1.165, 1.54) is 12.8 Å². The summed E-state index contributed by atoms with van der Waals surface area (Å²) in [6.45, 7) is 1.63. The first kappa shape index (κ1) is 16.2. The zero-order valence-corrected chi connectivity index (χ0v) is 13.6. The van der Waals surface area contributed by atoms with Gasteiger partial charge in [0.2, 0.25) is 0 Å². The van der Waals surface area contributed by atoms with Crippen LogP contribution in [-0.2, 0) is 4.79 Å². The maximum Gasteiger partial charge on any atom is 0.310 e. The maximum absolute atomic E-state index is 12.5. The third kappa shape index (κ3) is 3.32. The molecular weight excluding hydrogens is 306 g/mol. The number of anilines is 1. The molecule has 126 valence electrons. The number of aromatic nitrogens is 2.